The van der Waals surface area contributed by atoms with Crippen molar-refractivity contribution in [1.82, 2.24) is 0 Å². The highest BCUT2D eigenvalue weighted by molar-refractivity contribution is 5.68. The summed E-state index contributed by atoms with van der Waals surface area (Å²) in [5.41, 5.74) is 3.86. The minimum Gasteiger partial charge on any atom is -0.481 e. The van der Waals surface area contributed by atoms with E-state index in [1.807, 2.05) is 0 Å². The summed E-state index contributed by atoms with van der Waals surface area (Å²) >= 11 is 0. The van der Waals surface area contributed by atoms with Gasteiger partial charge < -0.3 is 5.11 Å². The molecule has 0 spiro atoms. The van der Waals surface area contributed by atoms with Gasteiger partial charge in [0.05, 0.1) is 6.42 Å². The number of aliphatic carboxylic acids is 1. The van der Waals surface area contributed by atoms with Crippen molar-refractivity contribution < 1.29 is 9.90 Å². The van der Waals surface area contributed by atoms with E-state index in [0.29, 0.717) is 0 Å². The van der Waals surface area contributed by atoms with E-state index in [0.717, 1.165) is 12.8 Å². The molecule has 1 aromatic rings. The van der Waals surface area contributed by atoms with Crippen LogP contribution in [0.15, 0.2) is 18.2 Å². The van der Waals surface area contributed by atoms with E-state index in [1.54, 1.807) is 0 Å². The maximum Gasteiger partial charge on any atom is 0.303 e. The van der Waals surface area contributed by atoms with E-state index in [4.69, 9.17) is 5.11 Å². The van der Waals surface area contributed by atoms with Crippen molar-refractivity contribution in [2.75, 3.05) is 0 Å². The molecule has 1 N–H and O–H groups in total. The predicted molar refractivity (Wildman–Crippen MR) is 54.5 cm³/mol. The van der Waals surface area contributed by atoms with Gasteiger partial charge in [-0.1, -0.05) is 23.8 Å². The van der Waals surface area contributed by atoms with E-state index in [2.05, 4.69) is 25.1 Å². The Labute approximate surface area is 83.6 Å². The van der Waals surface area contributed by atoms with Crippen LogP contribution < -0.4 is 0 Å². The van der Waals surface area contributed by atoms with E-state index in [9.17, 15) is 4.79 Å². The summed E-state index contributed by atoms with van der Waals surface area (Å²) in [6.45, 7) is 2.07. The third kappa shape index (κ3) is 1.65. The Bertz CT molecular complexity index is 369. The zero-order valence-corrected chi connectivity index (χ0v) is 8.29. The molecular weight excluding hydrogens is 176 g/mol. The molecule has 0 bridgehead atoms. The summed E-state index contributed by atoms with van der Waals surface area (Å²) in [7, 11) is 0. The van der Waals surface area contributed by atoms with Crippen LogP contribution in [0.25, 0.3) is 0 Å². The largest absolute Gasteiger partial charge is 0.481 e. The standard InChI is InChI=1S/C12H14O2/c1-8-2-5-11-9(6-8)3-4-10(11)7-12(13)14/h2,5-6,10H,3-4,7H2,1H3,(H,13,14)/t10-/m0/s1. The Kier molecular flexibility index (Phi) is 2.28. The van der Waals surface area contributed by atoms with Gasteiger partial charge in [0.15, 0.2) is 0 Å². The topological polar surface area (TPSA) is 37.3 Å². The first kappa shape index (κ1) is 9.25. The molecular formula is C12H14O2. The smallest absolute Gasteiger partial charge is 0.303 e. The fourth-order valence-corrected chi connectivity index (χ4v) is 2.26. The number of carboxylic acid groups (broad SMARTS) is 1. The van der Waals surface area contributed by atoms with Gasteiger partial charge in [0.2, 0.25) is 0 Å². The van der Waals surface area contributed by atoms with Crippen molar-refractivity contribution in [3.05, 3.63) is 34.9 Å². The summed E-state index contributed by atoms with van der Waals surface area (Å²) in [6.07, 6.45) is 2.30. The summed E-state index contributed by atoms with van der Waals surface area (Å²) < 4.78 is 0. The van der Waals surface area contributed by atoms with Crippen molar-refractivity contribution in [1.29, 1.82) is 0 Å². The quantitative estimate of drug-likeness (QED) is 0.778. The molecule has 0 saturated heterocycles. The molecule has 0 amide bonds. The van der Waals surface area contributed by atoms with Crippen LogP contribution in [0.1, 0.15) is 35.4 Å². The molecule has 2 heteroatoms. The van der Waals surface area contributed by atoms with Gasteiger partial charge in [-0.3, -0.25) is 4.79 Å². The molecule has 14 heavy (non-hydrogen) atoms. The average molecular weight is 190 g/mol. The lowest BCUT2D eigenvalue weighted by Gasteiger charge is -2.08. The molecule has 74 valence electrons. The van der Waals surface area contributed by atoms with Gasteiger partial charge in [-0.2, -0.15) is 0 Å². The number of rotatable bonds is 2. The molecule has 0 heterocycles. The van der Waals surface area contributed by atoms with Crippen LogP contribution in [-0.2, 0) is 11.2 Å². The molecule has 2 rings (SSSR count). The summed E-state index contributed by atoms with van der Waals surface area (Å²) in [5.74, 6) is -0.452. The van der Waals surface area contributed by atoms with Gasteiger partial charge in [0.1, 0.15) is 0 Å². The molecule has 0 unspecified atom stereocenters. The molecule has 1 aromatic carbocycles. The Balaban J connectivity index is 2.26. The Morgan fingerprint density at radius 3 is 3.07 bits per heavy atom. The first-order valence-corrected chi connectivity index (χ1v) is 4.98. The van der Waals surface area contributed by atoms with Crippen LogP contribution in [0, 0.1) is 6.92 Å². The second-order valence-electron chi connectivity index (χ2n) is 4.04. The molecule has 0 aliphatic heterocycles. The van der Waals surface area contributed by atoms with Crippen molar-refractivity contribution in [3.8, 4) is 0 Å². The zero-order valence-electron chi connectivity index (χ0n) is 8.29. The molecule has 0 saturated carbocycles. The van der Waals surface area contributed by atoms with Crippen molar-refractivity contribution in [2.24, 2.45) is 0 Å². The lowest BCUT2D eigenvalue weighted by molar-refractivity contribution is -0.137. The zero-order chi connectivity index (χ0) is 10.1. The van der Waals surface area contributed by atoms with Crippen molar-refractivity contribution in [2.45, 2.75) is 32.1 Å². The van der Waals surface area contributed by atoms with Gasteiger partial charge in [0, 0.05) is 0 Å². The number of fused-ring (bicyclic) bond motifs is 1. The Morgan fingerprint density at radius 1 is 1.57 bits per heavy atom. The van der Waals surface area contributed by atoms with E-state index in [-0.39, 0.29) is 12.3 Å². The van der Waals surface area contributed by atoms with Crippen LogP contribution >= 0.6 is 0 Å². The van der Waals surface area contributed by atoms with Crippen LogP contribution in [-0.4, -0.2) is 11.1 Å². The normalized spacial score (nSPS) is 19.4. The van der Waals surface area contributed by atoms with Gasteiger partial charge in [-0.15, -0.1) is 0 Å². The number of hydrogen-bond acceptors (Lipinski definition) is 1. The minimum atomic E-state index is -0.691. The number of benzene rings is 1. The number of carboxylic acids is 1. The lowest BCUT2D eigenvalue weighted by atomic mass is 9.97. The molecule has 0 aromatic heterocycles. The number of carbonyl (C=O) groups is 1. The first-order valence-electron chi connectivity index (χ1n) is 4.98. The molecule has 2 nitrogen and oxygen atoms in total. The van der Waals surface area contributed by atoms with E-state index >= 15 is 0 Å². The fourth-order valence-electron chi connectivity index (χ4n) is 2.26. The Morgan fingerprint density at radius 2 is 2.36 bits per heavy atom. The summed E-state index contributed by atoms with van der Waals surface area (Å²) in [6, 6.07) is 6.33. The van der Waals surface area contributed by atoms with Crippen molar-refractivity contribution in [3.63, 3.8) is 0 Å². The highest BCUT2D eigenvalue weighted by atomic mass is 16.4. The third-order valence-electron chi connectivity index (χ3n) is 2.92. The molecule has 1 atom stereocenters. The maximum atomic E-state index is 10.6. The number of aryl methyl sites for hydroxylation is 2. The van der Waals surface area contributed by atoms with Crippen LogP contribution in [0.2, 0.25) is 0 Å². The van der Waals surface area contributed by atoms with Gasteiger partial charge in [-0.25, -0.2) is 0 Å². The molecule has 1 aliphatic rings. The number of hydrogen-bond donors (Lipinski definition) is 1. The summed E-state index contributed by atoms with van der Waals surface area (Å²) in [5, 5.41) is 8.75. The Hall–Kier alpha value is -1.31. The minimum absolute atomic E-state index is 0.239. The van der Waals surface area contributed by atoms with Crippen LogP contribution in [0.3, 0.4) is 0 Å². The fraction of sp³-hybridized carbons (Fsp3) is 0.417. The second-order valence-corrected chi connectivity index (χ2v) is 4.04. The predicted octanol–water partition coefficient (Wildman–Crippen LogP) is 2.50. The molecule has 0 fully saturated rings. The van der Waals surface area contributed by atoms with Gasteiger partial charge in [0.25, 0.3) is 0 Å². The first-order chi connectivity index (χ1) is 6.66. The van der Waals surface area contributed by atoms with E-state index in [1.165, 1.54) is 16.7 Å². The SMILES string of the molecule is Cc1ccc2c(c1)CC[C@H]2CC(=O)O. The lowest BCUT2D eigenvalue weighted by Crippen LogP contribution is -2.02. The average Bonchev–Trinajstić information content (AvgIpc) is 2.47. The van der Waals surface area contributed by atoms with Crippen LogP contribution in [0.5, 0.6) is 0 Å². The summed E-state index contributed by atoms with van der Waals surface area (Å²) in [4.78, 5) is 10.6. The van der Waals surface area contributed by atoms with Gasteiger partial charge >= 0.3 is 5.97 Å². The molecule has 1 aliphatic carbocycles. The van der Waals surface area contributed by atoms with Crippen LogP contribution in [0.4, 0.5) is 0 Å². The monoisotopic (exact) mass is 190 g/mol. The van der Waals surface area contributed by atoms with Gasteiger partial charge in [-0.05, 0) is 36.8 Å². The third-order valence-corrected chi connectivity index (χ3v) is 2.92. The highest BCUT2D eigenvalue weighted by Crippen LogP contribution is 2.35. The maximum absolute atomic E-state index is 10.6. The second kappa shape index (κ2) is 3.45. The van der Waals surface area contributed by atoms with E-state index < -0.39 is 5.97 Å². The molecule has 0 radical (unpaired) electrons. The van der Waals surface area contributed by atoms with Crippen molar-refractivity contribution >= 4 is 5.97 Å². The highest BCUT2D eigenvalue weighted by Gasteiger charge is 2.24.